The second kappa shape index (κ2) is 2.84. The predicted molar refractivity (Wildman–Crippen MR) is 49.5 cm³/mol. The Morgan fingerprint density at radius 2 is 2.43 bits per heavy atom. The van der Waals surface area contributed by atoms with Crippen LogP contribution in [0.2, 0.25) is 0 Å². The van der Waals surface area contributed by atoms with E-state index in [1.807, 2.05) is 12.1 Å². The predicted octanol–water partition coefficient (Wildman–Crippen LogP) is 2.78. The van der Waals surface area contributed by atoms with Gasteiger partial charge in [-0.2, -0.15) is 0 Å². The minimum Gasteiger partial charge on any atom is -0.466 e. The Bertz CT molecular complexity index is 319. The van der Waals surface area contributed by atoms with E-state index in [-0.39, 0.29) is 0 Å². The average molecular weight is 194 g/mol. The van der Waals surface area contributed by atoms with Gasteiger partial charge in [0.15, 0.2) is 5.60 Å². The Balaban J connectivity index is 2.00. The smallest absolute Gasteiger partial charge is 0.163 e. The molecular formula is C11H14O3. The van der Waals surface area contributed by atoms with Crippen LogP contribution in [-0.2, 0) is 10.5 Å². The first-order valence-electron chi connectivity index (χ1n) is 5.22. The van der Waals surface area contributed by atoms with Gasteiger partial charge in [-0.15, -0.1) is 0 Å². The van der Waals surface area contributed by atoms with Crippen molar-refractivity contribution < 1.29 is 14.6 Å². The summed E-state index contributed by atoms with van der Waals surface area (Å²) in [7, 11) is 0. The Hall–Kier alpha value is -0.800. The lowest BCUT2D eigenvalue weighted by atomic mass is 9.82. The van der Waals surface area contributed by atoms with Crippen molar-refractivity contribution in [1.82, 2.24) is 0 Å². The third-order valence-corrected chi connectivity index (χ3v) is 3.89. The van der Waals surface area contributed by atoms with Crippen LogP contribution >= 0.6 is 0 Å². The summed E-state index contributed by atoms with van der Waals surface area (Å²) in [6.45, 7) is 0. The van der Waals surface area contributed by atoms with Crippen molar-refractivity contribution in [2.45, 2.75) is 31.3 Å². The highest BCUT2D eigenvalue weighted by Crippen LogP contribution is 2.57. The van der Waals surface area contributed by atoms with Crippen LogP contribution in [0.15, 0.2) is 22.8 Å². The summed E-state index contributed by atoms with van der Waals surface area (Å²) < 4.78 is 5.38. The third kappa shape index (κ3) is 0.940. The quantitative estimate of drug-likeness (QED) is 0.581. The molecule has 2 bridgehead atoms. The molecule has 3 heteroatoms. The maximum Gasteiger partial charge on any atom is 0.163 e. The first-order valence-corrected chi connectivity index (χ1v) is 5.22. The zero-order chi connectivity index (χ0) is 9.60. The van der Waals surface area contributed by atoms with E-state index in [1.165, 1.54) is 12.8 Å². The molecule has 0 amide bonds. The van der Waals surface area contributed by atoms with E-state index >= 15 is 0 Å². The first-order chi connectivity index (χ1) is 6.85. The van der Waals surface area contributed by atoms with Crippen molar-refractivity contribution in [2.24, 2.45) is 11.8 Å². The van der Waals surface area contributed by atoms with Crippen LogP contribution in [-0.4, -0.2) is 5.26 Å². The maximum absolute atomic E-state index is 9.15. The molecular weight excluding hydrogens is 180 g/mol. The largest absolute Gasteiger partial charge is 0.466 e. The lowest BCUT2D eigenvalue weighted by molar-refractivity contribution is -0.347. The molecule has 0 saturated heterocycles. The fraction of sp³-hybridized carbons (Fsp3) is 0.636. The van der Waals surface area contributed by atoms with Gasteiger partial charge in [0.05, 0.1) is 6.26 Å². The summed E-state index contributed by atoms with van der Waals surface area (Å²) in [5, 5.41) is 9.15. The summed E-state index contributed by atoms with van der Waals surface area (Å²) in [5.41, 5.74) is -0.535. The normalized spacial score (nSPS) is 40.6. The van der Waals surface area contributed by atoms with Crippen LogP contribution < -0.4 is 0 Å². The molecule has 0 radical (unpaired) electrons. The Morgan fingerprint density at radius 1 is 1.50 bits per heavy atom. The highest BCUT2D eigenvalue weighted by molar-refractivity contribution is 5.17. The number of hydrogen-bond acceptors (Lipinski definition) is 3. The van der Waals surface area contributed by atoms with Gasteiger partial charge in [0.1, 0.15) is 5.76 Å². The van der Waals surface area contributed by atoms with Crippen molar-refractivity contribution >= 4 is 0 Å². The van der Waals surface area contributed by atoms with Gasteiger partial charge in [-0.1, -0.05) is 0 Å². The lowest BCUT2D eigenvalue weighted by Crippen LogP contribution is -2.34. The second-order valence-electron chi connectivity index (χ2n) is 4.54. The second-order valence-corrected chi connectivity index (χ2v) is 4.54. The fourth-order valence-corrected chi connectivity index (χ4v) is 3.26. The van der Waals surface area contributed by atoms with Gasteiger partial charge in [-0.25, -0.2) is 4.89 Å². The van der Waals surface area contributed by atoms with E-state index < -0.39 is 5.60 Å². The van der Waals surface area contributed by atoms with Gasteiger partial charge >= 0.3 is 0 Å². The molecule has 2 aliphatic carbocycles. The van der Waals surface area contributed by atoms with Gasteiger partial charge in [0.2, 0.25) is 0 Å². The molecule has 1 aromatic rings. The number of furan rings is 1. The minimum atomic E-state index is -0.535. The van der Waals surface area contributed by atoms with Gasteiger partial charge < -0.3 is 4.42 Å². The molecule has 2 fully saturated rings. The van der Waals surface area contributed by atoms with Crippen LogP contribution in [0.3, 0.4) is 0 Å². The van der Waals surface area contributed by atoms with Gasteiger partial charge in [-0.3, -0.25) is 5.26 Å². The molecule has 0 aliphatic heterocycles. The molecule has 14 heavy (non-hydrogen) atoms. The standard InChI is InChI=1S/C11H14O3/c12-14-11(10-2-1-5-13-10)7-8-3-4-9(11)6-8/h1-2,5,8-9,12H,3-4,6-7H2/t8-,9+,11+/m1/s1. The Morgan fingerprint density at radius 3 is 2.93 bits per heavy atom. The van der Waals surface area contributed by atoms with E-state index in [9.17, 15) is 0 Å². The molecule has 76 valence electrons. The van der Waals surface area contributed by atoms with Gasteiger partial charge in [0.25, 0.3) is 0 Å². The van der Waals surface area contributed by atoms with Crippen LogP contribution in [0.1, 0.15) is 31.4 Å². The Kier molecular flexibility index (Phi) is 1.73. The van der Waals surface area contributed by atoms with E-state index in [1.54, 1.807) is 6.26 Å². The molecule has 1 aromatic heterocycles. The zero-order valence-corrected chi connectivity index (χ0v) is 7.98. The summed E-state index contributed by atoms with van der Waals surface area (Å²) in [4.78, 5) is 4.78. The monoisotopic (exact) mass is 194 g/mol. The third-order valence-electron chi connectivity index (χ3n) is 3.89. The van der Waals surface area contributed by atoms with Crippen molar-refractivity contribution in [3.05, 3.63) is 24.2 Å². The Labute approximate surface area is 82.6 Å². The summed E-state index contributed by atoms with van der Waals surface area (Å²) in [6.07, 6.45) is 6.13. The highest BCUT2D eigenvalue weighted by atomic mass is 17.1. The minimum absolute atomic E-state index is 0.434. The van der Waals surface area contributed by atoms with Crippen molar-refractivity contribution in [2.75, 3.05) is 0 Å². The van der Waals surface area contributed by atoms with Gasteiger partial charge in [0, 0.05) is 0 Å². The van der Waals surface area contributed by atoms with Crippen molar-refractivity contribution in [1.29, 1.82) is 0 Å². The number of rotatable bonds is 2. The maximum atomic E-state index is 9.15. The molecule has 0 unspecified atom stereocenters. The molecule has 3 atom stereocenters. The van der Waals surface area contributed by atoms with E-state index in [0.29, 0.717) is 11.8 Å². The SMILES string of the molecule is OO[C@@]1(c2ccco2)C[C@@H]2CC[C@H]1C2. The summed E-state index contributed by atoms with van der Waals surface area (Å²) in [5.74, 6) is 1.92. The average Bonchev–Trinajstić information content (AvgIpc) is 2.93. The topological polar surface area (TPSA) is 42.6 Å². The number of fused-ring (bicyclic) bond motifs is 2. The summed E-state index contributed by atoms with van der Waals surface area (Å²) in [6, 6.07) is 3.75. The van der Waals surface area contributed by atoms with Crippen molar-refractivity contribution in [3.8, 4) is 0 Å². The molecule has 2 aliphatic rings. The molecule has 1 heterocycles. The number of hydrogen-bond donors (Lipinski definition) is 1. The van der Waals surface area contributed by atoms with Crippen LogP contribution in [0.5, 0.6) is 0 Å². The van der Waals surface area contributed by atoms with Gasteiger partial charge in [-0.05, 0) is 49.7 Å². The molecule has 2 saturated carbocycles. The molecule has 0 aromatic carbocycles. The first kappa shape index (κ1) is 8.50. The van der Waals surface area contributed by atoms with E-state index in [0.717, 1.165) is 18.6 Å². The lowest BCUT2D eigenvalue weighted by Gasteiger charge is -2.32. The van der Waals surface area contributed by atoms with Crippen LogP contribution in [0, 0.1) is 11.8 Å². The zero-order valence-electron chi connectivity index (χ0n) is 7.98. The molecule has 3 rings (SSSR count). The highest BCUT2D eigenvalue weighted by Gasteiger charge is 2.55. The fourth-order valence-electron chi connectivity index (χ4n) is 3.26. The molecule has 3 nitrogen and oxygen atoms in total. The van der Waals surface area contributed by atoms with Crippen LogP contribution in [0.25, 0.3) is 0 Å². The van der Waals surface area contributed by atoms with Crippen LogP contribution in [0.4, 0.5) is 0 Å². The molecule has 0 spiro atoms. The summed E-state index contributed by atoms with van der Waals surface area (Å²) >= 11 is 0. The van der Waals surface area contributed by atoms with Crippen molar-refractivity contribution in [3.63, 3.8) is 0 Å². The van der Waals surface area contributed by atoms with E-state index in [2.05, 4.69) is 0 Å². The molecule has 1 N–H and O–H groups in total. The van der Waals surface area contributed by atoms with E-state index in [4.69, 9.17) is 14.6 Å².